The fourth-order valence-corrected chi connectivity index (χ4v) is 0.527. The van der Waals surface area contributed by atoms with Crippen LogP contribution in [0.2, 0.25) is 0 Å². The summed E-state index contributed by atoms with van der Waals surface area (Å²) >= 11 is 0. The highest BCUT2D eigenvalue weighted by Crippen LogP contribution is 1.88. The summed E-state index contributed by atoms with van der Waals surface area (Å²) in [6.07, 6.45) is 4.31. The molecule has 0 saturated heterocycles. The predicted octanol–water partition coefficient (Wildman–Crippen LogP) is 1.04. The van der Waals surface area contributed by atoms with E-state index in [0.717, 1.165) is 12.1 Å². The van der Waals surface area contributed by atoms with E-state index in [2.05, 4.69) is 16.9 Å². The summed E-state index contributed by atoms with van der Waals surface area (Å²) < 4.78 is 0. The molecule has 0 spiro atoms. The summed E-state index contributed by atoms with van der Waals surface area (Å²) in [6.45, 7) is 2.07. The van der Waals surface area contributed by atoms with Crippen molar-refractivity contribution in [2.24, 2.45) is 0 Å². The first-order valence-corrected chi connectivity index (χ1v) is 2.68. The van der Waals surface area contributed by atoms with Crippen LogP contribution in [0.25, 0.3) is 0 Å². The van der Waals surface area contributed by atoms with Gasteiger partial charge < -0.3 is 0 Å². The molecule has 1 heterocycles. The summed E-state index contributed by atoms with van der Waals surface area (Å²) in [7, 11) is 0. The van der Waals surface area contributed by atoms with Crippen molar-refractivity contribution in [3.05, 3.63) is 24.3 Å². The van der Waals surface area contributed by atoms with E-state index in [9.17, 15) is 0 Å². The van der Waals surface area contributed by atoms with Crippen LogP contribution in [-0.4, -0.2) is 9.97 Å². The molecule has 8 heavy (non-hydrogen) atoms. The first kappa shape index (κ1) is 5.22. The Bertz CT molecular complexity index is 148. The molecule has 0 aromatic carbocycles. The third kappa shape index (κ3) is 1.03. The van der Waals surface area contributed by atoms with Gasteiger partial charge in [0, 0.05) is 11.9 Å². The van der Waals surface area contributed by atoms with Crippen LogP contribution in [0.5, 0.6) is 0 Å². The molecule has 1 rings (SSSR count). The fourth-order valence-electron chi connectivity index (χ4n) is 0.527. The molecule has 2 heteroatoms. The lowest BCUT2D eigenvalue weighted by Crippen LogP contribution is -1.84. The molecule has 0 aliphatic heterocycles. The van der Waals surface area contributed by atoms with Crippen molar-refractivity contribution in [2.45, 2.75) is 13.3 Å². The molecule has 0 atom stereocenters. The summed E-state index contributed by atoms with van der Waals surface area (Å²) in [6, 6.07) is 1.92. The maximum Gasteiger partial charge on any atom is 0.115 e. The van der Waals surface area contributed by atoms with Crippen molar-refractivity contribution >= 4 is 0 Å². The van der Waals surface area contributed by atoms with E-state index in [1.165, 1.54) is 0 Å². The molecule has 2 nitrogen and oxygen atoms in total. The Morgan fingerprint density at radius 2 is 2.50 bits per heavy atom. The van der Waals surface area contributed by atoms with Crippen LogP contribution >= 0.6 is 0 Å². The van der Waals surface area contributed by atoms with E-state index in [1.807, 2.05) is 6.07 Å². The van der Waals surface area contributed by atoms with E-state index in [-0.39, 0.29) is 0 Å². The van der Waals surface area contributed by atoms with Gasteiger partial charge in [-0.2, -0.15) is 0 Å². The number of rotatable bonds is 1. The van der Waals surface area contributed by atoms with Gasteiger partial charge in [0.25, 0.3) is 0 Å². The highest BCUT2D eigenvalue weighted by molar-refractivity contribution is 4.96. The minimum atomic E-state index is 0.989. The Morgan fingerprint density at radius 3 is 2.88 bits per heavy atom. The molecular formula is C6H8N2. The van der Waals surface area contributed by atoms with Gasteiger partial charge in [-0.25, -0.2) is 9.97 Å². The van der Waals surface area contributed by atoms with Gasteiger partial charge in [0.2, 0.25) is 0 Å². The standard InChI is InChI=1S/C6H8N2/c1-2-6-3-4-7-5-8-6/h3-5H,2H2,1H3. The van der Waals surface area contributed by atoms with Crippen LogP contribution < -0.4 is 0 Å². The van der Waals surface area contributed by atoms with Crippen LogP contribution in [0.3, 0.4) is 0 Å². The number of nitrogens with zero attached hydrogens (tertiary/aromatic N) is 2. The van der Waals surface area contributed by atoms with Crippen LogP contribution in [0.15, 0.2) is 18.6 Å². The minimum absolute atomic E-state index is 0.989. The lowest BCUT2D eigenvalue weighted by atomic mass is 10.3. The number of aromatic nitrogens is 2. The predicted molar refractivity (Wildman–Crippen MR) is 31.4 cm³/mol. The monoisotopic (exact) mass is 108 g/mol. The molecule has 1 aromatic rings. The van der Waals surface area contributed by atoms with Gasteiger partial charge >= 0.3 is 0 Å². The topological polar surface area (TPSA) is 25.8 Å². The zero-order chi connectivity index (χ0) is 5.82. The van der Waals surface area contributed by atoms with Gasteiger partial charge in [-0.15, -0.1) is 0 Å². The van der Waals surface area contributed by atoms with Crippen LogP contribution in [-0.2, 0) is 6.42 Å². The first-order valence-electron chi connectivity index (χ1n) is 2.68. The van der Waals surface area contributed by atoms with Crippen molar-refractivity contribution in [3.63, 3.8) is 0 Å². The smallest absolute Gasteiger partial charge is 0.115 e. The number of hydrogen-bond acceptors (Lipinski definition) is 2. The van der Waals surface area contributed by atoms with Gasteiger partial charge in [-0.05, 0) is 12.5 Å². The Hall–Kier alpha value is -0.920. The van der Waals surface area contributed by atoms with Gasteiger partial charge in [-0.1, -0.05) is 6.92 Å². The molecule has 0 saturated carbocycles. The number of aryl methyl sites for hydroxylation is 1. The molecule has 1 aromatic heterocycles. The molecule has 0 fully saturated rings. The zero-order valence-corrected chi connectivity index (χ0v) is 4.83. The number of hydrogen-bond donors (Lipinski definition) is 0. The quantitative estimate of drug-likeness (QED) is 0.537. The Kier molecular flexibility index (Phi) is 1.57. The van der Waals surface area contributed by atoms with E-state index < -0.39 is 0 Å². The van der Waals surface area contributed by atoms with E-state index >= 15 is 0 Å². The van der Waals surface area contributed by atoms with Crippen molar-refractivity contribution in [1.82, 2.24) is 9.97 Å². The summed E-state index contributed by atoms with van der Waals surface area (Å²) in [4.78, 5) is 7.77. The summed E-state index contributed by atoms with van der Waals surface area (Å²) in [5, 5.41) is 0. The molecule has 0 aliphatic rings. The lowest BCUT2D eigenvalue weighted by molar-refractivity contribution is 0.998. The van der Waals surface area contributed by atoms with Gasteiger partial charge in [-0.3, -0.25) is 0 Å². The summed E-state index contributed by atoms with van der Waals surface area (Å²) in [5.41, 5.74) is 1.10. The van der Waals surface area contributed by atoms with Crippen molar-refractivity contribution in [2.75, 3.05) is 0 Å². The third-order valence-electron chi connectivity index (χ3n) is 1.01. The van der Waals surface area contributed by atoms with Crippen LogP contribution in [0.4, 0.5) is 0 Å². The third-order valence-corrected chi connectivity index (χ3v) is 1.01. The minimum Gasteiger partial charge on any atom is -0.245 e. The maximum atomic E-state index is 3.99. The largest absolute Gasteiger partial charge is 0.245 e. The van der Waals surface area contributed by atoms with Crippen molar-refractivity contribution in [1.29, 1.82) is 0 Å². The molecule has 0 aliphatic carbocycles. The normalized spacial score (nSPS) is 9.12. The Balaban J connectivity index is 2.83. The lowest BCUT2D eigenvalue weighted by Gasteiger charge is -1.88. The van der Waals surface area contributed by atoms with Crippen molar-refractivity contribution in [3.8, 4) is 0 Å². The zero-order valence-electron chi connectivity index (χ0n) is 4.83. The first-order chi connectivity index (χ1) is 3.93. The molecule has 42 valence electrons. The van der Waals surface area contributed by atoms with Crippen LogP contribution in [0, 0.1) is 0 Å². The van der Waals surface area contributed by atoms with E-state index in [4.69, 9.17) is 0 Å². The second-order valence-electron chi connectivity index (χ2n) is 1.55. The molecular weight excluding hydrogens is 100 g/mol. The molecule has 0 bridgehead atoms. The second-order valence-corrected chi connectivity index (χ2v) is 1.55. The maximum absolute atomic E-state index is 3.99. The molecule has 0 N–H and O–H groups in total. The Morgan fingerprint density at radius 1 is 1.62 bits per heavy atom. The summed E-state index contributed by atoms with van der Waals surface area (Å²) in [5.74, 6) is 0. The molecule has 0 unspecified atom stereocenters. The van der Waals surface area contributed by atoms with E-state index in [1.54, 1.807) is 12.5 Å². The van der Waals surface area contributed by atoms with Gasteiger partial charge in [0.15, 0.2) is 0 Å². The average molecular weight is 108 g/mol. The Labute approximate surface area is 48.6 Å². The fraction of sp³-hybridized carbons (Fsp3) is 0.333. The van der Waals surface area contributed by atoms with Crippen molar-refractivity contribution < 1.29 is 0 Å². The molecule has 0 amide bonds. The van der Waals surface area contributed by atoms with E-state index in [0.29, 0.717) is 0 Å². The molecule has 0 radical (unpaired) electrons. The highest BCUT2D eigenvalue weighted by atomic mass is 14.8. The second kappa shape index (κ2) is 2.40. The van der Waals surface area contributed by atoms with Gasteiger partial charge in [0.1, 0.15) is 6.33 Å². The SMILES string of the molecule is CCc1ccncn1. The van der Waals surface area contributed by atoms with Gasteiger partial charge in [0.05, 0.1) is 0 Å². The van der Waals surface area contributed by atoms with Crippen LogP contribution in [0.1, 0.15) is 12.6 Å². The average Bonchev–Trinajstić information content (AvgIpc) is 1.90. The highest BCUT2D eigenvalue weighted by Gasteiger charge is 1.82.